The average molecular weight is 226 g/mol. The molecule has 1 unspecified atom stereocenters. The van der Waals surface area contributed by atoms with Crippen molar-refractivity contribution < 1.29 is 9.53 Å². The Morgan fingerprint density at radius 2 is 2.12 bits per heavy atom. The molecule has 1 atom stereocenters. The number of carbonyl (C=O) groups is 1. The second-order valence-corrected chi connectivity index (χ2v) is 5.06. The standard InChI is InChI=1S/C12H22N2O2/c13-12(15)11(14-10-4-5-10)8-16-7-6-9-2-1-3-9/h9-11,14H,1-8H2,(H2,13,15). The van der Waals surface area contributed by atoms with Gasteiger partial charge >= 0.3 is 0 Å². The smallest absolute Gasteiger partial charge is 0.236 e. The lowest BCUT2D eigenvalue weighted by molar-refractivity contribution is -0.121. The molecule has 0 saturated heterocycles. The van der Waals surface area contributed by atoms with E-state index in [1.54, 1.807) is 0 Å². The van der Waals surface area contributed by atoms with Crippen LogP contribution in [0.4, 0.5) is 0 Å². The Hall–Kier alpha value is -0.610. The maximum atomic E-state index is 11.1. The number of ether oxygens (including phenoxy) is 1. The van der Waals surface area contributed by atoms with Crippen molar-refractivity contribution in [2.24, 2.45) is 11.7 Å². The minimum Gasteiger partial charge on any atom is -0.379 e. The summed E-state index contributed by atoms with van der Waals surface area (Å²) in [4.78, 5) is 11.1. The van der Waals surface area contributed by atoms with Crippen LogP contribution in [0, 0.1) is 5.92 Å². The first-order valence-electron chi connectivity index (χ1n) is 6.39. The number of hydrogen-bond donors (Lipinski definition) is 2. The Labute approximate surface area is 96.9 Å². The van der Waals surface area contributed by atoms with Crippen molar-refractivity contribution in [3.05, 3.63) is 0 Å². The van der Waals surface area contributed by atoms with Crippen LogP contribution in [0.1, 0.15) is 38.5 Å². The molecule has 4 nitrogen and oxygen atoms in total. The highest BCUT2D eigenvalue weighted by atomic mass is 16.5. The second kappa shape index (κ2) is 5.64. The van der Waals surface area contributed by atoms with E-state index in [1.807, 2.05) is 0 Å². The quantitative estimate of drug-likeness (QED) is 0.602. The molecule has 92 valence electrons. The minimum absolute atomic E-state index is 0.296. The molecule has 0 heterocycles. The van der Waals surface area contributed by atoms with Gasteiger partial charge in [0.2, 0.25) is 5.91 Å². The van der Waals surface area contributed by atoms with Gasteiger partial charge in [0.05, 0.1) is 6.61 Å². The van der Waals surface area contributed by atoms with Gasteiger partial charge in [-0.15, -0.1) is 0 Å². The van der Waals surface area contributed by atoms with E-state index in [1.165, 1.54) is 19.3 Å². The SMILES string of the molecule is NC(=O)C(COCCC1CCC1)NC1CC1. The number of amides is 1. The molecular weight excluding hydrogens is 204 g/mol. The van der Waals surface area contributed by atoms with Gasteiger partial charge in [-0.3, -0.25) is 4.79 Å². The van der Waals surface area contributed by atoms with E-state index in [-0.39, 0.29) is 11.9 Å². The summed E-state index contributed by atoms with van der Waals surface area (Å²) in [5.74, 6) is 0.568. The Morgan fingerprint density at radius 3 is 2.62 bits per heavy atom. The highest BCUT2D eigenvalue weighted by Crippen LogP contribution is 2.29. The maximum Gasteiger partial charge on any atom is 0.236 e. The molecule has 1 amide bonds. The van der Waals surface area contributed by atoms with E-state index in [0.717, 1.165) is 31.8 Å². The molecule has 0 aliphatic heterocycles. The van der Waals surface area contributed by atoms with Crippen LogP contribution < -0.4 is 11.1 Å². The van der Waals surface area contributed by atoms with E-state index in [0.29, 0.717) is 12.6 Å². The fourth-order valence-electron chi connectivity index (χ4n) is 1.98. The number of nitrogens with one attached hydrogen (secondary N) is 1. The van der Waals surface area contributed by atoms with E-state index in [4.69, 9.17) is 10.5 Å². The van der Waals surface area contributed by atoms with Gasteiger partial charge in [0, 0.05) is 12.6 Å². The summed E-state index contributed by atoms with van der Waals surface area (Å²) in [6.45, 7) is 1.19. The number of rotatable bonds is 8. The lowest BCUT2D eigenvalue weighted by Crippen LogP contribution is -2.45. The van der Waals surface area contributed by atoms with Gasteiger partial charge in [0.25, 0.3) is 0 Å². The van der Waals surface area contributed by atoms with E-state index < -0.39 is 0 Å². The Kier molecular flexibility index (Phi) is 4.18. The van der Waals surface area contributed by atoms with Crippen molar-refractivity contribution in [3.8, 4) is 0 Å². The van der Waals surface area contributed by atoms with Crippen molar-refractivity contribution in [1.29, 1.82) is 0 Å². The van der Waals surface area contributed by atoms with Gasteiger partial charge in [-0.05, 0) is 25.2 Å². The zero-order valence-electron chi connectivity index (χ0n) is 9.78. The predicted molar refractivity (Wildman–Crippen MR) is 61.9 cm³/mol. The molecule has 0 aromatic carbocycles. The van der Waals surface area contributed by atoms with Crippen LogP contribution >= 0.6 is 0 Å². The van der Waals surface area contributed by atoms with Crippen molar-refractivity contribution in [1.82, 2.24) is 5.32 Å². The summed E-state index contributed by atoms with van der Waals surface area (Å²) in [5, 5.41) is 3.21. The first-order valence-corrected chi connectivity index (χ1v) is 6.39. The predicted octanol–water partition coefficient (Wildman–Crippen LogP) is 0.799. The molecule has 0 aromatic rings. The van der Waals surface area contributed by atoms with Crippen LogP contribution in [0.5, 0.6) is 0 Å². The topological polar surface area (TPSA) is 64.4 Å². The van der Waals surface area contributed by atoms with Crippen molar-refractivity contribution in [3.63, 3.8) is 0 Å². The third-order valence-electron chi connectivity index (χ3n) is 3.54. The van der Waals surface area contributed by atoms with Crippen molar-refractivity contribution in [2.75, 3.05) is 13.2 Å². The van der Waals surface area contributed by atoms with Crippen LogP contribution in [-0.4, -0.2) is 31.2 Å². The Balaban J connectivity index is 1.55. The monoisotopic (exact) mass is 226 g/mol. The maximum absolute atomic E-state index is 11.1. The number of primary amides is 1. The molecule has 2 aliphatic rings. The van der Waals surface area contributed by atoms with Crippen molar-refractivity contribution >= 4 is 5.91 Å². The molecular formula is C12H22N2O2. The van der Waals surface area contributed by atoms with Crippen LogP contribution in [0.25, 0.3) is 0 Å². The molecule has 0 radical (unpaired) electrons. The molecule has 0 bridgehead atoms. The zero-order valence-corrected chi connectivity index (χ0v) is 9.78. The summed E-state index contributed by atoms with van der Waals surface area (Å²) in [5.41, 5.74) is 5.31. The molecule has 0 aromatic heterocycles. The highest BCUT2D eigenvalue weighted by Gasteiger charge is 2.27. The summed E-state index contributed by atoms with van der Waals surface area (Å²) in [6.07, 6.45) is 7.52. The molecule has 4 heteroatoms. The third kappa shape index (κ3) is 3.76. The Morgan fingerprint density at radius 1 is 1.38 bits per heavy atom. The summed E-state index contributed by atoms with van der Waals surface area (Å²) in [6, 6.07) is 0.196. The van der Waals surface area contributed by atoms with Gasteiger partial charge in [0.15, 0.2) is 0 Å². The molecule has 0 spiro atoms. The van der Waals surface area contributed by atoms with Gasteiger partial charge in [-0.25, -0.2) is 0 Å². The van der Waals surface area contributed by atoms with Crippen LogP contribution in [0.2, 0.25) is 0 Å². The second-order valence-electron chi connectivity index (χ2n) is 5.06. The number of carbonyl (C=O) groups excluding carboxylic acids is 1. The fourth-order valence-corrected chi connectivity index (χ4v) is 1.98. The fraction of sp³-hybridized carbons (Fsp3) is 0.917. The first-order chi connectivity index (χ1) is 7.75. The molecule has 2 fully saturated rings. The van der Waals surface area contributed by atoms with Gasteiger partial charge in [-0.1, -0.05) is 19.3 Å². The third-order valence-corrected chi connectivity index (χ3v) is 3.54. The van der Waals surface area contributed by atoms with E-state index in [2.05, 4.69) is 5.32 Å². The van der Waals surface area contributed by atoms with Crippen LogP contribution in [-0.2, 0) is 9.53 Å². The minimum atomic E-state index is -0.297. The largest absolute Gasteiger partial charge is 0.379 e. The molecule has 16 heavy (non-hydrogen) atoms. The lowest BCUT2D eigenvalue weighted by Gasteiger charge is -2.25. The average Bonchev–Trinajstić information content (AvgIpc) is 2.96. The molecule has 2 rings (SSSR count). The van der Waals surface area contributed by atoms with Crippen molar-refractivity contribution in [2.45, 2.75) is 50.6 Å². The lowest BCUT2D eigenvalue weighted by atomic mass is 9.83. The van der Waals surface area contributed by atoms with Crippen LogP contribution in [0.15, 0.2) is 0 Å². The van der Waals surface area contributed by atoms with Gasteiger partial charge < -0.3 is 15.8 Å². The summed E-state index contributed by atoms with van der Waals surface area (Å²) < 4.78 is 5.53. The van der Waals surface area contributed by atoms with Gasteiger partial charge in [0.1, 0.15) is 6.04 Å². The Bertz CT molecular complexity index is 237. The summed E-state index contributed by atoms with van der Waals surface area (Å²) in [7, 11) is 0. The number of nitrogens with two attached hydrogens (primary N) is 1. The highest BCUT2D eigenvalue weighted by molar-refractivity contribution is 5.80. The van der Waals surface area contributed by atoms with E-state index >= 15 is 0 Å². The summed E-state index contributed by atoms with van der Waals surface area (Å²) >= 11 is 0. The normalized spacial score (nSPS) is 22.8. The van der Waals surface area contributed by atoms with Crippen LogP contribution in [0.3, 0.4) is 0 Å². The molecule has 2 aliphatic carbocycles. The zero-order chi connectivity index (χ0) is 11.4. The van der Waals surface area contributed by atoms with Gasteiger partial charge in [-0.2, -0.15) is 0 Å². The van der Waals surface area contributed by atoms with E-state index in [9.17, 15) is 4.79 Å². The molecule has 2 saturated carbocycles. The molecule has 3 N–H and O–H groups in total. The first kappa shape index (κ1) is 11.9. The number of hydrogen-bond acceptors (Lipinski definition) is 3.